The van der Waals surface area contributed by atoms with E-state index in [0.29, 0.717) is 25.5 Å². The van der Waals surface area contributed by atoms with Crippen LogP contribution >= 0.6 is 27.7 Å². The third-order valence-corrected chi connectivity index (χ3v) is 6.20. The van der Waals surface area contributed by atoms with Crippen LogP contribution in [0.1, 0.15) is 5.56 Å². The lowest BCUT2D eigenvalue weighted by Gasteiger charge is -2.19. The van der Waals surface area contributed by atoms with Gasteiger partial charge in [0.25, 0.3) is 0 Å². The lowest BCUT2D eigenvalue weighted by Crippen LogP contribution is -2.15. The Hall–Kier alpha value is -2.45. The minimum atomic E-state index is 0.567. The number of ether oxygens (including phenoxy) is 3. The van der Waals surface area contributed by atoms with Gasteiger partial charge in [0.2, 0.25) is 0 Å². The van der Waals surface area contributed by atoms with E-state index in [1.54, 1.807) is 18.9 Å². The highest BCUT2D eigenvalue weighted by molar-refractivity contribution is 9.10. The van der Waals surface area contributed by atoms with Gasteiger partial charge in [-0.1, -0.05) is 45.9 Å². The van der Waals surface area contributed by atoms with E-state index < -0.39 is 0 Å². The number of methoxy groups -OCH3 is 1. The Bertz CT molecular complexity index is 1040. The lowest BCUT2D eigenvalue weighted by molar-refractivity contribution is 0.171. The quantitative estimate of drug-likeness (QED) is 0.356. The van der Waals surface area contributed by atoms with Crippen molar-refractivity contribution in [1.82, 2.24) is 14.8 Å². The maximum atomic E-state index is 5.71. The molecule has 29 heavy (non-hydrogen) atoms. The molecule has 0 aliphatic carbocycles. The van der Waals surface area contributed by atoms with Crippen LogP contribution in [0.15, 0.2) is 58.7 Å². The molecule has 3 aromatic rings. The first-order chi connectivity index (χ1) is 14.2. The Balaban J connectivity index is 1.61. The number of nitrogens with zero attached hydrogens (tertiary/aromatic N) is 3. The second kappa shape index (κ2) is 8.92. The molecule has 0 N–H and O–H groups in total. The molecule has 0 radical (unpaired) electrons. The van der Waals surface area contributed by atoms with Crippen molar-refractivity contribution < 1.29 is 14.2 Å². The highest BCUT2D eigenvalue weighted by Crippen LogP contribution is 2.38. The molecule has 6 nitrogen and oxygen atoms in total. The van der Waals surface area contributed by atoms with E-state index in [-0.39, 0.29) is 0 Å². The number of rotatable bonds is 7. The van der Waals surface area contributed by atoms with Crippen LogP contribution in [-0.2, 0) is 12.3 Å². The summed E-state index contributed by atoms with van der Waals surface area (Å²) in [6.45, 7) is 5.62. The number of para-hydroxylation sites is 1. The summed E-state index contributed by atoms with van der Waals surface area (Å²) in [7, 11) is 1.65. The largest absolute Gasteiger partial charge is 0.496 e. The second-order valence-electron chi connectivity index (χ2n) is 6.28. The summed E-state index contributed by atoms with van der Waals surface area (Å²) >= 11 is 5.24. The van der Waals surface area contributed by atoms with Crippen LogP contribution in [0, 0.1) is 0 Å². The van der Waals surface area contributed by atoms with E-state index >= 15 is 0 Å². The van der Waals surface area contributed by atoms with Gasteiger partial charge in [0.1, 0.15) is 19.0 Å². The zero-order valence-corrected chi connectivity index (χ0v) is 18.3. The van der Waals surface area contributed by atoms with Gasteiger partial charge in [0.15, 0.2) is 22.5 Å². The van der Waals surface area contributed by atoms with Crippen molar-refractivity contribution >= 4 is 27.7 Å². The van der Waals surface area contributed by atoms with Crippen LogP contribution in [0.25, 0.3) is 11.4 Å². The summed E-state index contributed by atoms with van der Waals surface area (Å²) < 4.78 is 19.9. The van der Waals surface area contributed by atoms with Crippen molar-refractivity contribution in [3.8, 4) is 28.6 Å². The maximum absolute atomic E-state index is 5.71. The molecule has 1 aliphatic heterocycles. The van der Waals surface area contributed by atoms with E-state index in [2.05, 4.69) is 32.7 Å². The van der Waals surface area contributed by atoms with Crippen LogP contribution in [0.4, 0.5) is 0 Å². The molecule has 1 aliphatic rings. The summed E-state index contributed by atoms with van der Waals surface area (Å²) in [5.41, 5.74) is 2.00. The zero-order chi connectivity index (χ0) is 20.2. The molecule has 0 amide bonds. The van der Waals surface area contributed by atoms with E-state index in [1.165, 1.54) is 0 Å². The van der Waals surface area contributed by atoms with Gasteiger partial charge in [0.05, 0.1) is 12.7 Å². The minimum Gasteiger partial charge on any atom is -0.496 e. The number of thioether (sulfide) groups is 1. The number of fused-ring (bicyclic) bond motifs is 1. The second-order valence-corrected chi connectivity index (χ2v) is 8.08. The molecule has 4 rings (SSSR count). The number of hydrogen-bond donors (Lipinski definition) is 0. The third-order valence-electron chi connectivity index (χ3n) is 4.44. The topological polar surface area (TPSA) is 58.4 Å². The van der Waals surface area contributed by atoms with Gasteiger partial charge in [-0.05, 0) is 29.8 Å². The number of allylic oxidation sites excluding steroid dienone is 1. The molecule has 1 aromatic heterocycles. The van der Waals surface area contributed by atoms with Crippen molar-refractivity contribution in [3.63, 3.8) is 0 Å². The van der Waals surface area contributed by atoms with Crippen molar-refractivity contribution in [2.24, 2.45) is 0 Å². The monoisotopic (exact) mass is 473 g/mol. The number of halogens is 1. The molecule has 0 fully saturated rings. The first-order valence-electron chi connectivity index (χ1n) is 9.09. The van der Waals surface area contributed by atoms with Crippen molar-refractivity contribution in [2.75, 3.05) is 20.3 Å². The van der Waals surface area contributed by atoms with Gasteiger partial charge in [-0.3, -0.25) is 4.57 Å². The predicted molar refractivity (Wildman–Crippen MR) is 117 cm³/mol. The third kappa shape index (κ3) is 4.13. The predicted octanol–water partition coefficient (Wildman–Crippen LogP) is 4.97. The molecule has 0 atom stereocenters. The van der Waals surface area contributed by atoms with Crippen molar-refractivity contribution in [1.29, 1.82) is 0 Å². The Kier molecular flexibility index (Phi) is 6.10. The summed E-state index contributed by atoms with van der Waals surface area (Å²) in [4.78, 5) is 0. The van der Waals surface area contributed by atoms with Gasteiger partial charge in [-0.15, -0.1) is 16.8 Å². The maximum Gasteiger partial charge on any atom is 0.192 e. The fourth-order valence-electron chi connectivity index (χ4n) is 3.08. The van der Waals surface area contributed by atoms with E-state index in [4.69, 9.17) is 14.2 Å². The zero-order valence-electron chi connectivity index (χ0n) is 15.9. The molecule has 0 unspecified atom stereocenters. The molecule has 2 heterocycles. The van der Waals surface area contributed by atoms with Crippen molar-refractivity contribution in [2.45, 2.75) is 17.5 Å². The molecule has 150 valence electrons. The normalized spacial score (nSPS) is 12.6. The summed E-state index contributed by atoms with van der Waals surface area (Å²) in [6.07, 6.45) is 1.84. The molecule has 0 saturated heterocycles. The Morgan fingerprint density at radius 2 is 1.97 bits per heavy atom. The Morgan fingerprint density at radius 3 is 2.72 bits per heavy atom. The lowest BCUT2D eigenvalue weighted by atomic mass is 10.2. The Labute approximate surface area is 182 Å². The average molecular weight is 474 g/mol. The fourth-order valence-corrected chi connectivity index (χ4v) is 4.66. The van der Waals surface area contributed by atoms with Gasteiger partial charge >= 0.3 is 0 Å². The van der Waals surface area contributed by atoms with Gasteiger partial charge in [-0.2, -0.15) is 0 Å². The number of aromatic nitrogens is 3. The minimum absolute atomic E-state index is 0.567. The van der Waals surface area contributed by atoms with Crippen LogP contribution in [-0.4, -0.2) is 35.1 Å². The van der Waals surface area contributed by atoms with E-state index in [0.717, 1.165) is 43.8 Å². The fraction of sp³-hybridized carbons (Fsp3) is 0.238. The van der Waals surface area contributed by atoms with Crippen LogP contribution in [0.3, 0.4) is 0 Å². The Morgan fingerprint density at radius 1 is 1.21 bits per heavy atom. The average Bonchev–Trinajstić information content (AvgIpc) is 3.14. The first kappa shape index (κ1) is 19.8. The van der Waals surface area contributed by atoms with Crippen molar-refractivity contribution in [3.05, 3.63) is 59.1 Å². The molecular formula is C21H20BrN3O3S. The SMILES string of the molecule is C=CCn1c(SCc2cc3c(cc2Br)OCCO3)nnc1-c1ccccc1OC. The summed E-state index contributed by atoms with van der Waals surface area (Å²) in [5.74, 6) is 3.77. The highest BCUT2D eigenvalue weighted by atomic mass is 79.9. The summed E-state index contributed by atoms with van der Waals surface area (Å²) in [5, 5.41) is 9.66. The molecule has 2 aromatic carbocycles. The molecule has 0 spiro atoms. The van der Waals surface area contributed by atoms with E-state index in [1.807, 2.05) is 47.0 Å². The van der Waals surface area contributed by atoms with Gasteiger partial charge in [0, 0.05) is 16.8 Å². The van der Waals surface area contributed by atoms with E-state index in [9.17, 15) is 0 Å². The molecular weight excluding hydrogens is 454 g/mol. The van der Waals surface area contributed by atoms with Gasteiger partial charge < -0.3 is 14.2 Å². The van der Waals surface area contributed by atoms with Crippen LogP contribution in [0.5, 0.6) is 17.2 Å². The standard InChI is InChI=1S/C21H20BrN3O3S/c1-3-8-25-20(15-6-4-5-7-17(15)26-2)23-24-21(25)29-13-14-11-18-19(12-16(14)22)28-10-9-27-18/h3-7,11-12H,1,8-10,13H2,2H3. The number of hydrogen-bond acceptors (Lipinski definition) is 6. The van der Waals surface area contributed by atoms with Crippen LogP contribution < -0.4 is 14.2 Å². The first-order valence-corrected chi connectivity index (χ1v) is 10.9. The molecule has 8 heteroatoms. The smallest absolute Gasteiger partial charge is 0.192 e. The highest BCUT2D eigenvalue weighted by Gasteiger charge is 2.19. The number of benzene rings is 2. The molecule has 0 saturated carbocycles. The van der Waals surface area contributed by atoms with Crippen LogP contribution in [0.2, 0.25) is 0 Å². The van der Waals surface area contributed by atoms with Gasteiger partial charge in [-0.25, -0.2) is 0 Å². The molecule has 0 bridgehead atoms. The summed E-state index contributed by atoms with van der Waals surface area (Å²) in [6, 6.07) is 11.8.